The van der Waals surface area contributed by atoms with Crippen LogP contribution < -0.4 is 5.32 Å². The molecule has 0 radical (unpaired) electrons. The summed E-state index contributed by atoms with van der Waals surface area (Å²) >= 11 is 1.84. The number of hydrogen-bond acceptors (Lipinski definition) is 4. The molecule has 1 aliphatic heterocycles. The zero-order valence-electron chi connectivity index (χ0n) is 11.7. The second-order valence-corrected chi connectivity index (χ2v) is 8.54. The van der Waals surface area contributed by atoms with Crippen molar-refractivity contribution in [2.75, 3.05) is 44.7 Å². The summed E-state index contributed by atoms with van der Waals surface area (Å²) in [5, 5.41) is 3.41. The average Bonchev–Trinajstić information content (AvgIpc) is 3.20. The molecule has 2 rings (SSSR count). The summed E-state index contributed by atoms with van der Waals surface area (Å²) in [6, 6.07) is 0.699. The largest absolute Gasteiger partial charge is 0.314 e. The quantitative estimate of drug-likeness (QED) is 0.705. The van der Waals surface area contributed by atoms with Gasteiger partial charge in [0.15, 0.2) is 0 Å². The summed E-state index contributed by atoms with van der Waals surface area (Å²) in [5.41, 5.74) is 0. The fraction of sp³-hybridized carbons (Fsp3) is 1.00. The summed E-state index contributed by atoms with van der Waals surface area (Å²) in [7, 11) is -1.55. The van der Waals surface area contributed by atoms with Crippen LogP contribution in [0.3, 0.4) is 0 Å². The van der Waals surface area contributed by atoms with Gasteiger partial charge < -0.3 is 5.32 Å². The monoisotopic (exact) mass is 307 g/mol. The van der Waals surface area contributed by atoms with Gasteiger partial charge in [-0.15, -0.1) is 0 Å². The molecule has 0 bridgehead atoms. The van der Waals surface area contributed by atoms with Gasteiger partial charge in [-0.2, -0.15) is 28.8 Å². The summed E-state index contributed by atoms with van der Waals surface area (Å²) < 4.78 is 28.0. The second kappa shape index (κ2) is 7.26. The van der Waals surface area contributed by atoms with E-state index >= 15 is 0 Å². The van der Waals surface area contributed by atoms with Gasteiger partial charge in [0, 0.05) is 38.5 Å². The number of rotatable bonds is 7. The molecule has 0 amide bonds. The summed E-state index contributed by atoms with van der Waals surface area (Å²) in [6.07, 6.45) is 4.40. The lowest BCUT2D eigenvalue weighted by atomic mass is 10.4. The molecule has 1 saturated carbocycles. The van der Waals surface area contributed by atoms with Crippen LogP contribution in [0.1, 0.15) is 25.7 Å². The first-order chi connectivity index (χ1) is 9.10. The fourth-order valence-electron chi connectivity index (χ4n) is 2.16. The van der Waals surface area contributed by atoms with Crippen molar-refractivity contribution in [3.05, 3.63) is 0 Å². The van der Waals surface area contributed by atoms with Gasteiger partial charge in [-0.3, -0.25) is 0 Å². The van der Waals surface area contributed by atoms with Crippen molar-refractivity contribution in [2.24, 2.45) is 0 Å². The molecule has 1 N–H and O–H groups in total. The van der Waals surface area contributed by atoms with Crippen molar-refractivity contribution in [3.63, 3.8) is 0 Å². The van der Waals surface area contributed by atoms with Crippen molar-refractivity contribution in [3.8, 4) is 0 Å². The second-order valence-electron chi connectivity index (χ2n) is 5.28. The maximum Gasteiger partial charge on any atom is 0.281 e. The molecule has 1 aliphatic carbocycles. The van der Waals surface area contributed by atoms with Crippen LogP contribution in [-0.4, -0.2) is 67.8 Å². The van der Waals surface area contributed by atoms with Crippen LogP contribution >= 0.6 is 11.8 Å². The molecule has 1 saturated heterocycles. The maximum absolute atomic E-state index is 12.4. The normalized spacial score (nSPS) is 22.6. The highest BCUT2D eigenvalue weighted by molar-refractivity contribution is 7.99. The van der Waals surface area contributed by atoms with Crippen LogP contribution in [0.15, 0.2) is 0 Å². The molecule has 0 spiro atoms. The third kappa shape index (κ3) is 4.90. The minimum absolute atomic E-state index is 0.603. The van der Waals surface area contributed by atoms with Gasteiger partial charge in [0.1, 0.15) is 0 Å². The van der Waals surface area contributed by atoms with Crippen LogP contribution in [0.25, 0.3) is 0 Å². The Hall–Kier alpha value is 0.180. The predicted molar refractivity (Wildman–Crippen MR) is 80.7 cm³/mol. The molecule has 0 unspecified atom stereocenters. The van der Waals surface area contributed by atoms with Crippen molar-refractivity contribution >= 4 is 22.0 Å². The molecular formula is C12H25N3O2S2. The third-order valence-electron chi connectivity index (χ3n) is 3.56. The lowest BCUT2D eigenvalue weighted by molar-refractivity contribution is 0.368. The van der Waals surface area contributed by atoms with Crippen molar-refractivity contribution in [2.45, 2.75) is 31.7 Å². The van der Waals surface area contributed by atoms with E-state index in [0.717, 1.165) is 30.9 Å². The lowest BCUT2D eigenvalue weighted by Crippen LogP contribution is -2.43. The molecule has 0 aromatic rings. The average molecular weight is 307 g/mol. The smallest absolute Gasteiger partial charge is 0.281 e. The number of hydrogen-bond donors (Lipinski definition) is 1. The molecular weight excluding hydrogens is 282 g/mol. The van der Waals surface area contributed by atoms with E-state index in [1.807, 2.05) is 11.8 Å². The molecule has 0 aromatic heterocycles. The first-order valence-electron chi connectivity index (χ1n) is 7.13. The Morgan fingerprint density at radius 1 is 1.32 bits per heavy atom. The Balaban J connectivity index is 1.75. The third-order valence-corrected chi connectivity index (χ3v) is 6.60. The Kier molecular flexibility index (Phi) is 5.95. The van der Waals surface area contributed by atoms with Crippen LogP contribution in [0.4, 0.5) is 0 Å². The molecule has 0 atom stereocenters. The lowest BCUT2D eigenvalue weighted by Gasteiger charge is -2.26. The topological polar surface area (TPSA) is 52.7 Å². The molecule has 2 aliphatic rings. The van der Waals surface area contributed by atoms with Crippen LogP contribution in [0.2, 0.25) is 0 Å². The van der Waals surface area contributed by atoms with Crippen LogP contribution in [0, 0.1) is 0 Å². The molecule has 5 nitrogen and oxygen atoms in total. The number of thioether (sulfide) groups is 1. The highest BCUT2D eigenvalue weighted by atomic mass is 32.2. The molecule has 2 fully saturated rings. The van der Waals surface area contributed by atoms with E-state index in [1.165, 1.54) is 17.1 Å². The molecule has 0 aromatic carbocycles. The van der Waals surface area contributed by atoms with E-state index in [1.54, 1.807) is 11.4 Å². The standard InChI is InChI=1S/C12H25N3O2S2/c1-14(7-2-6-13-12-4-5-12)19(16,17)15-8-3-10-18-11-9-15/h12-13H,2-11H2,1H3. The minimum atomic E-state index is -3.24. The SMILES string of the molecule is CN(CCCNC1CC1)S(=O)(=O)N1CCCSCC1. The van der Waals surface area contributed by atoms with E-state index in [4.69, 9.17) is 0 Å². The minimum Gasteiger partial charge on any atom is -0.314 e. The van der Waals surface area contributed by atoms with Crippen molar-refractivity contribution in [1.29, 1.82) is 0 Å². The molecule has 19 heavy (non-hydrogen) atoms. The van der Waals surface area contributed by atoms with Gasteiger partial charge in [0.2, 0.25) is 0 Å². The van der Waals surface area contributed by atoms with Gasteiger partial charge in [-0.1, -0.05) is 0 Å². The summed E-state index contributed by atoms with van der Waals surface area (Å²) in [4.78, 5) is 0. The summed E-state index contributed by atoms with van der Waals surface area (Å²) in [6.45, 7) is 2.84. The first kappa shape index (κ1) is 15.6. The van der Waals surface area contributed by atoms with E-state index < -0.39 is 10.2 Å². The van der Waals surface area contributed by atoms with Gasteiger partial charge in [-0.25, -0.2) is 0 Å². The van der Waals surface area contributed by atoms with E-state index in [-0.39, 0.29) is 0 Å². The Morgan fingerprint density at radius 2 is 2.11 bits per heavy atom. The maximum atomic E-state index is 12.4. The van der Waals surface area contributed by atoms with Gasteiger partial charge >= 0.3 is 0 Å². The predicted octanol–water partition coefficient (Wildman–Crippen LogP) is 0.744. The molecule has 7 heteroatoms. The van der Waals surface area contributed by atoms with Gasteiger partial charge in [-0.05, 0) is 38.0 Å². The molecule has 1 heterocycles. The number of nitrogens with zero attached hydrogens (tertiary/aromatic N) is 2. The van der Waals surface area contributed by atoms with Crippen LogP contribution in [0.5, 0.6) is 0 Å². The Bertz CT molecular complexity index is 363. The zero-order valence-corrected chi connectivity index (χ0v) is 13.3. The van der Waals surface area contributed by atoms with E-state index in [2.05, 4.69) is 5.32 Å². The highest BCUT2D eigenvalue weighted by Crippen LogP contribution is 2.18. The fourth-order valence-corrected chi connectivity index (χ4v) is 4.60. The zero-order chi connectivity index (χ0) is 13.7. The van der Waals surface area contributed by atoms with Gasteiger partial charge in [0.25, 0.3) is 10.2 Å². The van der Waals surface area contributed by atoms with E-state index in [9.17, 15) is 8.42 Å². The van der Waals surface area contributed by atoms with E-state index in [0.29, 0.717) is 25.7 Å². The Morgan fingerprint density at radius 3 is 2.84 bits per heavy atom. The first-order valence-corrected chi connectivity index (χ1v) is 9.68. The molecule has 112 valence electrons. The van der Waals surface area contributed by atoms with Crippen molar-refractivity contribution < 1.29 is 8.42 Å². The van der Waals surface area contributed by atoms with Gasteiger partial charge in [0.05, 0.1) is 0 Å². The number of nitrogens with one attached hydrogen (secondary N) is 1. The van der Waals surface area contributed by atoms with Crippen molar-refractivity contribution in [1.82, 2.24) is 13.9 Å². The summed E-state index contributed by atoms with van der Waals surface area (Å²) in [5.74, 6) is 1.98. The van der Waals surface area contributed by atoms with Crippen LogP contribution in [-0.2, 0) is 10.2 Å². The Labute approximate surface area is 121 Å². The highest BCUT2D eigenvalue weighted by Gasteiger charge is 2.27.